The van der Waals surface area contributed by atoms with Gasteiger partial charge < -0.3 is 11.1 Å². The molecule has 1 heterocycles. The van der Waals surface area contributed by atoms with E-state index in [2.05, 4.69) is 34.5 Å². The fourth-order valence-electron chi connectivity index (χ4n) is 2.62. The number of carbonyl (C=O) groups excluding carboxylic acids is 1. The van der Waals surface area contributed by atoms with Crippen LogP contribution in [-0.4, -0.2) is 36.0 Å². The summed E-state index contributed by atoms with van der Waals surface area (Å²) in [6, 6.07) is 10.2. The first-order chi connectivity index (χ1) is 9.86. The number of nitrogens with one attached hydrogen (secondary N) is 1. The summed E-state index contributed by atoms with van der Waals surface area (Å²) in [6.45, 7) is 8.84. The summed E-state index contributed by atoms with van der Waals surface area (Å²) in [5.41, 5.74) is 7.12. The third-order valence-electron chi connectivity index (χ3n) is 4.08. The van der Waals surface area contributed by atoms with E-state index < -0.39 is 6.04 Å². The molecule has 0 radical (unpaired) electrons. The molecular weight excluding hydrogens is 262 g/mol. The summed E-state index contributed by atoms with van der Waals surface area (Å²) in [6.07, 6.45) is 0.995. The van der Waals surface area contributed by atoms with Crippen LogP contribution < -0.4 is 11.1 Å². The zero-order chi connectivity index (χ0) is 15.5. The molecular formula is C17H27N3O. The summed E-state index contributed by atoms with van der Waals surface area (Å²) in [5.74, 6) is -0.0333. The summed E-state index contributed by atoms with van der Waals surface area (Å²) >= 11 is 0. The highest BCUT2D eigenvalue weighted by Gasteiger charge is 2.30. The van der Waals surface area contributed by atoms with Crippen molar-refractivity contribution >= 4 is 5.91 Å². The van der Waals surface area contributed by atoms with Crippen LogP contribution in [0.3, 0.4) is 0 Å². The molecule has 1 amide bonds. The maximum atomic E-state index is 12.2. The van der Waals surface area contributed by atoms with Crippen LogP contribution in [0.2, 0.25) is 0 Å². The summed E-state index contributed by atoms with van der Waals surface area (Å²) in [7, 11) is 0. The maximum Gasteiger partial charge on any atom is 0.237 e. The van der Waals surface area contributed by atoms with E-state index in [4.69, 9.17) is 5.73 Å². The van der Waals surface area contributed by atoms with Crippen LogP contribution >= 0.6 is 0 Å². The van der Waals surface area contributed by atoms with Crippen molar-refractivity contribution < 1.29 is 4.79 Å². The quantitative estimate of drug-likeness (QED) is 0.888. The molecule has 4 heteroatoms. The zero-order valence-electron chi connectivity index (χ0n) is 13.3. The van der Waals surface area contributed by atoms with Crippen molar-refractivity contribution in [3.05, 3.63) is 35.9 Å². The first-order valence-corrected chi connectivity index (χ1v) is 7.68. The van der Waals surface area contributed by atoms with Crippen molar-refractivity contribution in [3.63, 3.8) is 0 Å². The molecule has 1 aliphatic rings. The summed E-state index contributed by atoms with van der Waals surface area (Å²) < 4.78 is 0. The van der Waals surface area contributed by atoms with Gasteiger partial charge in [-0.3, -0.25) is 9.69 Å². The molecule has 3 N–H and O–H groups in total. The van der Waals surface area contributed by atoms with Crippen molar-refractivity contribution in [1.82, 2.24) is 10.2 Å². The van der Waals surface area contributed by atoms with Crippen molar-refractivity contribution in [2.45, 2.75) is 45.8 Å². The lowest BCUT2D eigenvalue weighted by Crippen LogP contribution is -2.51. The topological polar surface area (TPSA) is 58.4 Å². The van der Waals surface area contributed by atoms with Gasteiger partial charge in [0, 0.05) is 25.7 Å². The first kappa shape index (κ1) is 16.0. The predicted molar refractivity (Wildman–Crippen MR) is 85.7 cm³/mol. The van der Waals surface area contributed by atoms with Crippen LogP contribution in [0.15, 0.2) is 30.3 Å². The molecule has 1 aliphatic heterocycles. The van der Waals surface area contributed by atoms with Crippen molar-refractivity contribution in [3.8, 4) is 0 Å². The van der Waals surface area contributed by atoms with Crippen LogP contribution in [0.1, 0.15) is 32.8 Å². The van der Waals surface area contributed by atoms with E-state index in [0.717, 1.165) is 26.1 Å². The van der Waals surface area contributed by atoms with E-state index in [1.54, 1.807) is 0 Å². The number of hydrogen-bond acceptors (Lipinski definition) is 3. The molecule has 1 aromatic rings. The fourth-order valence-corrected chi connectivity index (χ4v) is 2.62. The van der Waals surface area contributed by atoms with Gasteiger partial charge in [0.1, 0.15) is 0 Å². The summed E-state index contributed by atoms with van der Waals surface area (Å²) in [4.78, 5) is 14.5. The lowest BCUT2D eigenvalue weighted by Gasteiger charge is -2.27. The minimum atomic E-state index is -0.458. The number of hydrogen-bond donors (Lipinski definition) is 2. The molecule has 1 unspecified atom stereocenters. The molecule has 0 aliphatic carbocycles. The number of likely N-dealkylation sites (tertiary alicyclic amines) is 1. The van der Waals surface area contributed by atoms with Gasteiger partial charge in [-0.15, -0.1) is 0 Å². The lowest BCUT2D eigenvalue weighted by molar-refractivity contribution is -0.125. The highest BCUT2D eigenvalue weighted by atomic mass is 16.2. The second-order valence-corrected chi connectivity index (χ2v) is 7.06. The van der Waals surface area contributed by atoms with E-state index in [1.807, 2.05) is 26.8 Å². The fraction of sp³-hybridized carbons (Fsp3) is 0.588. The Morgan fingerprint density at radius 3 is 2.67 bits per heavy atom. The molecule has 0 saturated carbocycles. The molecule has 2 atom stereocenters. The second kappa shape index (κ2) is 6.58. The molecule has 0 bridgehead atoms. The Balaban J connectivity index is 1.82. The van der Waals surface area contributed by atoms with Gasteiger partial charge in [-0.2, -0.15) is 0 Å². The molecule has 2 rings (SSSR count). The molecule has 1 aromatic carbocycles. The second-order valence-electron chi connectivity index (χ2n) is 7.06. The van der Waals surface area contributed by atoms with Crippen LogP contribution in [0.4, 0.5) is 0 Å². The van der Waals surface area contributed by atoms with E-state index >= 15 is 0 Å². The van der Waals surface area contributed by atoms with Crippen molar-refractivity contribution in [2.75, 3.05) is 13.1 Å². The predicted octanol–water partition coefficient (Wildman–Crippen LogP) is 1.75. The molecule has 1 saturated heterocycles. The average Bonchev–Trinajstić information content (AvgIpc) is 2.85. The summed E-state index contributed by atoms with van der Waals surface area (Å²) in [5, 5.41) is 3.10. The van der Waals surface area contributed by atoms with Crippen LogP contribution in [0.25, 0.3) is 0 Å². The number of benzene rings is 1. The number of carbonyl (C=O) groups is 1. The average molecular weight is 289 g/mol. The molecule has 4 nitrogen and oxygen atoms in total. The van der Waals surface area contributed by atoms with Crippen molar-refractivity contribution in [2.24, 2.45) is 11.1 Å². The van der Waals surface area contributed by atoms with E-state index in [1.165, 1.54) is 5.56 Å². The number of nitrogens with two attached hydrogens (primary N) is 1. The van der Waals surface area contributed by atoms with Gasteiger partial charge in [0.25, 0.3) is 0 Å². The van der Waals surface area contributed by atoms with Gasteiger partial charge >= 0.3 is 0 Å². The van der Waals surface area contributed by atoms with E-state index in [9.17, 15) is 4.79 Å². The Hall–Kier alpha value is -1.39. The van der Waals surface area contributed by atoms with Gasteiger partial charge in [-0.25, -0.2) is 0 Å². The molecule has 0 spiro atoms. The Morgan fingerprint density at radius 1 is 1.38 bits per heavy atom. The third kappa shape index (κ3) is 4.55. The van der Waals surface area contributed by atoms with Crippen LogP contribution in [0.5, 0.6) is 0 Å². The molecule has 116 valence electrons. The Labute approximate surface area is 127 Å². The van der Waals surface area contributed by atoms with Crippen molar-refractivity contribution in [1.29, 1.82) is 0 Å². The monoisotopic (exact) mass is 289 g/mol. The highest BCUT2D eigenvalue weighted by Crippen LogP contribution is 2.18. The number of nitrogens with zero attached hydrogens (tertiary/aromatic N) is 1. The van der Waals surface area contributed by atoms with Crippen LogP contribution in [-0.2, 0) is 11.3 Å². The maximum absolute atomic E-state index is 12.2. The molecule has 0 aromatic heterocycles. The van der Waals surface area contributed by atoms with Crippen LogP contribution in [0, 0.1) is 5.41 Å². The minimum Gasteiger partial charge on any atom is -0.351 e. The zero-order valence-corrected chi connectivity index (χ0v) is 13.3. The largest absolute Gasteiger partial charge is 0.351 e. The normalized spacial score (nSPS) is 21.2. The van der Waals surface area contributed by atoms with Gasteiger partial charge in [0.15, 0.2) is 0 Å². The SMILES string of the molecule is CC(C)(C)[C@H](N)C(=O)NC1CCN(Cc2ccccc2)C1. The minimum absolute atomic E-state index is 0.0333. The third-order valence-corrected chi connectivity index (χ3v) is 4.08. The number of amides is 1. The highest BCUT2D eigenvalue weighted by molar-refractivity contribution is 5.82. The smallest absolute Gasteiger partial charge is 0.237 e. The molecule has 21 heavy (non-hydrogen) atoms. The van der Waals surface area contributed by atoms with E-state index in [0.29, 0.717) is 0 Å². The van der Waals surface area contributed by atoms with Gasteiger partial charge in [-0.05, 0) is 17.4 Å². The lowest BCUT2D eigenvalue weighted by atomic mass is 9.87. The standard InChI is InChI=1S/C17H27N3O/c1-17(2,3)15(18)16(21)19-14-9-10-20(12-14)11-13-7-5-4-6-8-13/h4-8,14-15H,9-12,18H2,1-3H3,(H,19,21)/t14?,15-/m1/s1. The van der Waals surface area contributed by atoms with E-state index in [-0.39, 0.29) is 17.4 Å². The first-order valence-electron chi connectivity index (χ1n) is 7.68. The van der Waals surface area contributed by atoms with Gasteiger partial charge in [-0.1, -0.05) is 51.1 Å². The van der Waals surface area contributed by atoms with Gasteiger partial charge in [0.2, 0.25) is 5.91 Å². The van der Waals surface area contributed by atoms with Gasteiger partial charge in [0.05, 0.1) is 6.04 Å². The number of rotatable bonds is 4. The Morgan fingerprint density at radius 2 is 2.05 bits per heavy atom. The molecule has 1 fully saturated rings. The Bertz CT molecular complexity index is 467. The Kier molecular flexibility index (Phi) is 5.01.